The van der Waals surface area contributed by atoms with E-state index in [1.165, 1.54) is 62.5 Å². The number of carbonyl (C=O) groups is 1. The third kappa shape index (κ3) is 6.77. The van der Waals surface area contributed by atoms with E-state index < -0.39 is 18.4 Å². The monoisotopic (exact) mass is 427 g/mol. The fourth-order valence-electron chi connectivity index (χ4n) is 3.15. The Balaban J connectivity index is 3.04. The molecule has 0 spiro atoms. The van der Waals surface area contributed by atoms with Gasteiger partial charge in [0.05, 0.1) is 0 Å². The van der Waals surface area contributed by atoms with E-state index in [2.05, 4.69) is 31.1 Å². The maximum atomic E-state index is 11.2. The summed E-state index contributed by atoms with van der Waals surface area (Å²) in [7, 11) is 0. The Morgan fingerprint density at radius 3 is 1.83 bits per heavy atom. The average Bonchev–Trinajstić information content (AvgIpc) is 2.55. The topological polar surface area (TPSA) is 54.9 Å². The summed E-state index contributed by atoms with van der Waals surface area (Å²) >= 11 is -2.47. The Morgan fingerprint density at radius 2 is 1.48 bits per heavy atom. The zero-order valence-corrected chi connectivity index (χ0v) is 18.2. The molecule has 0 saturated heterocycles. The summed E-state index contributed by atoms with van der Waals surface area (Å²) < 4.78 is 5.47. The summed E-state index contributed by atoms with van der Waals surface area (Å²) in [5.74, 6) is 0.479. The van der Waals surface area contributed by atoms with Gasteiger partial charge in [-0.25, -0.2) is 0 Å². The van der Waals surface area contributed by atoms with Gasteiger partial charge in [-0.1, -0.05) is 0 Å². The van der Waals surface area contributed by atoms with Crippen molar-refractivity contribution in [3.8, 4) is 0 Å². The van der Waals surface area contributed by atoms with Crippen LogP contribution in [0, 0.1) is 0 Å². The molecule has 1 amide bonds. The van der Waals surface area contributed by atoms with Crippen molar-refractivity contribution in [2.45, 2.75) is 79.5 Å². The molecule has 1 rings (SSSR count). The van der Waals surface area contributed by atoms with Crippen molar-refractivity contribution < 1.29 is 4.79 Å². The van der Waals surface area contributed by atoms with Crippen molar-refractivity contribution >= 4 is 33.8 Å². The summed E-state index contributed by atoms with van der Waals surface area (Å²) in [6.07, 6.45) is 11.5. The van der Waals surface area contributed by atoms with Crippen molar-refractivity contribution in [3.63, 3.8) is 0 Å². The van der Waals surface area contributed by atoms with E-state index in [1.54, 1.807) is 6.20 Å². The van der Waals surface area contributed by atoms with Crippen LogP contribution in [0.2, 0.25) is 13.3 Å². The van der Waals surface area contributed by atoms with Crippen molar-refractivity contribution in [2.24, 2.45) is 0 Å². The number of anilines is 1. The van der Waals surface area contributed by atoms with Crippen LogP contribution in [0.25, 0.3) is 0 Å². The van der Waals surface area contributed by atoms with Gasteiger partial charge in [-0.15, -0.1) is 0 Å². The molecule has 0 fully saturated rings. The minimum absolute atomic E-state index is 0.0928. The quantitative estimate of drug-likeness (QED) is 0.531. The molecular formula is C18H33N3OSn. The number of nitrogens with one attached hydrogen (secondary N) is 1. The molecule has 0 saturated carbocycles. The van der Waals surface area contributed by atoms with Crippen molar-refractivity contribution in [1.29, 1.82) is 0 Å². The van der Waals surface area contributed by atoms with E-state index in [4.69, 9.17) is 4.98 Å². The summed E-state index contributed by atoms with van der Waals surface area (Å²) in [6, 6.07) is 0. The van der Waals surface area contributed by atoms with E-state index in [9.17, 15) is 4.79 Å². The zero-order chi connectivity index (χ0) is 17.1. The molecule has 0 aliphatic rings. The van der Waals surface area contributed by atoms with Crippen LogP contribution in [0.15, 0.2) is 12.4 Å². The van der Waals surface area contributed by atoms with Crippen molar-refractivity contribution in [2.75, 3.05) is 5.32 Å². The van der Waals surface area contributed by atoms with Gasteiger partial charge in [0.25, 0.3) is 0 Å². The van der Waals surface area contributed by atoms with Crippen LogP contribution in [0.4, 0.5) is 5.82 Å². The SMILES string of the molecule is CCC[CH2][Sn]([CH2]CCC)([CH2]CCC)[c]1cnc(NC(C)=O)cn1. The Bertz CT molecular complexity index is 440. The van der Waals surface area contributed by atoms with Crippen LogP contribution >= 0.6 is 0 Å². The van der Waals surface area contributed by atoms with Crippen LogP contribution in [0.1, 0.15) is 66.2 Å². The number of carbonyl (C=O) groups excluding carboxylic acids is 1. The predicted octanol–water partition coefficient (Wildman–Crippen LogP) is 4.49. The first-order valence-corrected chi connectivity index (χ1v) is 16.7. The molecule has 4 nitrogen and oxygen atoms in total. The molecule has 1 aromatic rings. The standard InChI is InChI=1S/C6H6N3O.3C4H9.Sn/c1-5(10)9-6-4-7-2-3-8-6;3*1-3-4-2;/h3-4H,1H3,(H,8,9,10);3*1,3-4H2,2H3;. The third-order valence-electron chi connectivity index (χ3n) is 4.53. The maximum absolute atomic E-state index is 11.2. The Morgan fingerprint density at radius 1 is 0.957 bits per heavy atom. The average molecular weight is 426 g/mol. The molecule has 0 aliphatic carbocycles. The number of aromatic nitrogens is 2. The summed E-state index contributed by atoms with van der Waals surface area (Å²) in [5, 5.41) is 2.72. The summed E-state index contributed by atoms with van der Waals surface area (Å²) in [5.41, 5.74) is 0. The zero-order valence-electron chi connectivity index (χ0n) is 15.3. The molecular weight excluding hydrogens is 393 g/mol. The summed E-state index contributed by atoms with van der Waals surface area (Å²) in [4.78, 5) is 20.4. The van der Waals surface area contributed by atoms with Crippen LogP contribution < -0.4 is 9.03 Å². The summed E-state index contributed by atoms with van der Waals surface area (Å²) in [6.45, 7) is 8.34. The molecule has 0 atom stereocenters. The molecule has 5 heteroatoms. The van der Waals surface area contributed by atoms with E-state index in [0.717, 1.165) is 0 Å². The molecule has 0 aliphatic heterocycles. The van der Waals surface area contributed by atoms with Gasteiger partial charge in [0.15, 0.2) is 0 Å². The number of rotatable bonds is 11. The second-order valence-corrected chi connectivity index (χ2v) is 19.6. The predicted molar refractivity (Wildman–Crippen MR) is 101 cm³/mol. The van der Waals surface area contributed by atoms with Gasteiger partial charge in [-0.05, 0) is 0 Å². The molecule has 0 bridgehead atoms. The van der Waals surface area contributed by atoms with Crippen LogP contribution in [0.3, 0.4) is 0 Å². The fraction of sp³-hybridized carbons (Fsp3) is 0.722. The van der Waals surface area contributed by atoms with Gasteiger partial charge in [-0.3, -0.25) is 0 Å². The Kier molecular flexibility index (Phi) is 9.75. The van der Waals surface area contributed by atoms with Crippen molar-refractivity contribution in [1.82, 2.24) is 9.97 Å². The second-order valence-electron chi connectivity index (χ2n) is 6.56. The van der Waals surface area contributed by atoms with Gasteiger partial charge in [0, 0.05) is 0 Å². The second kappa shape index (κ2) is 11.0. The number of amides is 1. The van der Waals surface area contributed by atoms with E-state index in [0.29, 0.717) is 5.82 Å². The van der Waals surface area contributed by atoms with E-state index >= 15 is 0 Å². The van der Waals surface area contributed by atoms with E-state index in [1.807, 2.05) is 6.20 Å². The molecule has 0 unspecified atom stereocenters. The molecule has 130 valence electrons. The van der Waals surface area contributed by atoms with Gasteiger partial charge >= 0.3 is 146 Å². The van der Waals surface area contributed by atoms with Gasteiger partial charge in [-0.2, -0.15) is 0 Å². The van der Waals surface area contributed by atoms with Gasteiger partial charge in [0.2, 0.25) is 0 Å². The number of nitrogens with zero attached hydrogens (tertiary/aromatic N) is 2. The first-order valence-electron chi connectivity index (χ1n) is 9.18. The number of hydrogen-bond donors (Lipinski definition) is 1. The molecule has 1 aromatic heterocycles. The first-order chi connectivity index (χ1) is 11.1. The minimum atomic E-state index is -2.47. The molecule has 0 radical (unpaired) electrons. The van der Waals surface area contributed by atoms with Crippen molar-refractivity contribution in [3.05, 3.63) is 12.4 Å². The van der Waals surface area contributed by atoms with Crippen LogP contribution in [0.5, 0.6) is 0 Å². The molecule has 23 heavy (non-hydrogen) atoms. The number of hydrogen-bond acceptors (Lipinski definition) is 3. The van der Waals surface area contributed by atoms with Gasteiger partial charge < -0.3 is 0 Å². The fourth-order valence-corrected chi connectivity index (χ4v) is 18.2. The normalized spacial score (nSPS) is 11.5. The van der Waals surface area contributed by atoms with Crippen LogP contribution in [-0.2, 0) is 4.79 Å². The molecule has 0 aromatic carbocycles. The number of unbranched alkanes of at least 4 members (excludes halogenated alkanes) is 3. The molecule has 1 N–H and O–H groups in total. The molecule has 1 heterocycles. The van der Waals surface area contributed by atoms with Gasteiger partial charge in [0.1, 0.15) is 0 Å². The third-order valence-corrected chi connectivity index (χ3v) is 19.6. The first kappa shape index (κ1) is 20.4. The Hall–Kier alpha value is -0.651. The van der Waals surface area contributed by atoms with E-state index in [-0.39, 0.29) is 5.91 Å². The Labute approximate surface area is 145 Å². The van der Waals surface area contributed by atoms with Crippen LogP contribution in [-0.4, -0.2) is 34.3 Å².